The molecule has 0 spiro atoms. The van der Waals surface area contributed by atoms with Crippen molar-refractivity contribution < 1.29 is 9.53 Å². The fraction of sp³-hybridized carbons (Fsp3) is 0.600. The Labute approximate surface area is 114 Å². The van der Waals surface area contributed by atoms with E-state index in [1.54, 1.807) is 0 Å². The van der Waals surface area contributed by atoms with Crippen molar-refractivity contribution in [2.75, 3.05) is 19.7 Å². The summed E-state index contributed by atoms with van der Waals surface area (Å²) in [5.74, 6) is -0.125. The lowest BCUT2D eigenvalue weighted by Gasteiger charge is -2.27. The zero-order valence-corrected chi connectivity index (χ0v) is 11.8. The number of ether oxygens (including phenoxy) is 1. The second-order valence-electron chi connectivity index (χ2n) is 5.00. The average molecular weight is 262 g/mol. The standard InChI is InChI=1S/C15H22N2O2/c1-3-19-15(18)10-14(17-8-4-5-9-17)13-7-6-12(2)16-11-13/h6-7,11,14H,3-5,8-10H2,1-2H3. The van der Waals surface area contributed by atoms with Crippen molar-refractivity contribution in [3.63, 3.8) is 0 Å². The van der Waals surface area contributed by atoms with Crippen LogP contribution in [0.4, 0.5) is 0 Å². The van der Waals surface area contributed by atoms with Crippen LogP contribution in [0, 0.1) is 6.92 Å². The Hall–Kier alpha value is -1.42. The maximum absolute atomic E-state index is 11.8. The SMILES string of the molecule is CCOC(=O)CC(c1ccc(C)nc1)N1CCCC1. The third-order valence-electron chi connectivity index (χ3n) is 3.57. The van der Waals surface area contributed by atoms with Gasteiger partial charge in [-0.15, -0.1) is 0 Å². The first-order chi connectivity index (χ1) is 9.20. The molecular formula is C15H22N2O2. The van der Waals surface area contributed by atoms with Gasteiger partial charge in [0.2, 0.25) is 0 Å². The van der Waals surface area contributed by atoms with Gasteiger partial charge in [-0.05, 0) is 51.4 Å². The minimum Gasteiger partial charge on any atom is -0.466 e. The van der Waals surface area contributed by atoms with Crippen LogP contribution in [0.3, 0.4) is 0 Å². The molecule has 0 aliphatic carbocycles. The van der Waals surface area contributed by atoms with Crippen LogP contribution in [0.5, 0.6) is 0 Å². The molecule has 0 saturated carbocycles. The molecule has 4 nitrogen and oxygen atoms in total. The summed E-state index contributed by atoms with van der Waals surface area (Å²) in [5.41, 5.74) is 2.11. The summed E-state index contributed by atoms with van der Waals surface area (Å²) >= 11 is 0. The average Bonchev–Trinajstić information content (AvgIpc) is 2.91. The fourth-order valence-corrected chi connectivity index (χ4v) is 2.57. The maximum atomic E-state index is 11.8. The first kappa shape index (κ1) is 14.0. The smallest absolute Gasteiger partial charge is 0.307 e. The van der Waals surface area contributed by atoms with Gasteiger partial charge in [-0.25, -0.2) is 0 Å². The highest BCUT2D eigenvalue weighted by Crippen LogP contribution is 2.28. The number of esters is 1. The van der Waals surface area contributed by atoms with E-state index >= 15 is 0 Å². The molecule has 104 valence electrons. The molecule has 1 unspecified atom stereocenters. The number of nitrogens with zero attached hydrogens (tertiary/aromatic N) is 2. The summed E-state index contributed by atoms with van der Waals surface area (Å²) in [6.07, 6.45) is 4.72. The summed E-state index contributed by atoms with van der Waals surface area (Å²) in [6, 6.07) is 4.18. The number of rotatable bonds is 5. The lowest BCUT2D eigenvalue weighted by Crippen LogP contribution is -2.28. The molecule has 19 heavy (non-hydrogen) atoms. The van der Waals surface area contributed by atoms with E-state index in [4.69, 9.17) is 4.74 Å². The third kappa shape index (κ3) is 3.77. The van der Waals surface area contributed by atoms with E-state index in [9.17, 15) is 4.79 Å². The summed E-state index contributed by atoms with van der Waals surface area (Å²) in [4.78, 5) is 18.5. The van der Waals surface area contributed by atoms with Crippen molar-refractivity contribution in [2.24, 2.45) is 0 Å². The Morgan fingerprint density at radius 1 is 1.42 bits per heavy atom. The number of aromatic nitrogens is 1. The molecule has 1 atom stereocenters. The van der Waals surface area contributed by atoms with E-state index in [0.29, 0.717) is 13.0 Å². The zero-order chi connectivity index (χ0) is 13.7. The van der Waals surface area contributed by atoms with Gasteiger partial charge in [0.15, 0.2) is 0 Å². The van der Waals surface area contributed by atoms with Gasteiger partial charge in [0.1, 0.15) is 0 Å². The lowest BCUT2D eigenvalue weighted by atomic mass is 10.0. The molecule has 0 bridgehead atoms. The number of likely N-dealkylation sites (tertiary alicyclic amines) is 1. The first-order valence-corrected chi connectivity index (χ1v) is 7.03. The molecule has 2 rings (SSSR count). The molecular weight excluding hydrogens is 240 g/mol. The molecule has 0 N–H and O–H groups in total. The maximum Gasteiger partial charge on any atom is 0.307 e. The van der Waals surface area contributed by atoms with E-state index < -0.39 is 0 Å². The number of aryl methyl sites for hydroxylation is 1. The Balaban J connectivity index is 2.13. The van der Waals surface area contributed by atoms with Crippen LogP contribution in [0.15, 0.2) is 18.3 Å². The lowest BCUT2D eigenvalue weighted by molar-refractivity contribution is -0.144. The van der Waals surface area contributed by atoms with Gasteiger partial charge < -0.3 is 4.74 Å². The van der Waals surface area contributed by atoms with Crippen LogP contribution in [-0.4, -0.2) is 35.5 Å². The Morgan fingerprint density at radius 3 is 2.74 bits per heavy atom. The molecule has 1 fully saturated rings. The van der Waals surface area contributed by atoms with Crippen LogP contribution in [-0.2, 0) is 9.53 Å². The van der Waals surface area contributed by atoms with Crippen molar-refractivity contribution in [1.29, 1.82) is 0 Å². The molecule has 0 radical (unpaired) electrons. The minimum absolute atomic E-state index is 0.106. The van der Waals surface area contributed by atoms with Gasteiger partial charge in [-0.2, -0.15) is 0 Å². The third-order valence-corrected chi connectivity index (χ3v) is 3.57. The number of carbonyl (C=O) groups is 1. The van der Waals surface area contributed by atoms with Crippen LogP contribution >= 0.6 is 0 Å². The Kier molecular flexibility index (Phi) is 4.91. The van der Waals surface area contributed by atoms with Gasteiger partial charge >= 0.3 is 5.97 Å². The predicted octanol–water partition coefficient (Wildman–Crippen LogP) is 2.48. The predicted molar refractivity (Wildman–Crippen MR) is 73.8 cm³/mol. The van der Waals surface area contributed by atoms with Gasteiger partial charge in [0, 0.05) is 17.9 Å². The Morgan fingerprint density at radius 2 is 2.16 bits per heavy atom. The van der Waals surface area contributed by atoms with E-state index in [2.05, 4.69) is 16.0 Å². The summed E-state index contributed by atoms with van der Waals surface area (Å²) in [5, 5.41) is 0. The van der Waals surface area contributed by atoms with E-state index in [1.165, 1.54) is 12.8 Å². The number of hydrogen-bond donors (Lipinski definition) is 0. The van der Waals surface area contributed by atoms with Gasteiger partial charge in [-0.1, -0.05) is 6.07 Å². The van der Waals surface area contributed by atoms with Crippen molar-refractivity contribution in [2.45, 2.75) is 39.2 Å². The van der Waals surface area contributed by atoms with Crippen LogP contribution in [0.2, 0.25) is 0 Å². The second-order valence-corrected chi connectivity index (χ2v) is 5.00. The van der Waals surface area contributed by atoms with Crippen molar-refractivity contribution in [3.8, 4) is 0 Å². The van der Waals surface area contributed by atoms with Gasteiger partial charge in [0.05, 0.1) is 13.0 Å². The fourth-order valence-electron chi connectivity index (χ4n) is 2.57. The largest absolute Gasteiger partial charge is 0.466 e. The number of carbonyl (C=O) groups excluding carboxylic acids is 1. The van der Waals surface area contributed by atoms with Crippen molar-refractivity contribution in [1.82, 2.24) is 9.88 Å². The van der Waals surface area contributed by atoms with Crippen molar-refractivity contribution in [3.05, 3.63) is 29.6 Å². The quantitative estimate of drug-likeness (QED) is 0.765. The highest BCUT2D eigenvalue weighted by molar-refractivity contribution is 5.70. The molecule has 1 aliphatic heterocycles. The monoisotopic (exact) mass is 262 g/mol. The van der Waals surface area contributed by atoms with E-state index in [1.807, 2.05) is 26.1 Å². The minimum atomic E-state index is -0.125. The van der Waals surface area contributed by atoms with Gasteiger partial charge in [-0.3, -0.25) is 14.7 Å². The highest BCUT2D eigenvalue weighted by Gasteiger charge is 2.26. The zero-order valence-electron chi connectivity index (χ0n) is 11.8. The molecule has 1 aromatic heterocycles. The van der Waals surface area contributed by atoms with E-state index in [-0.39, 0.29) is 12.0 Å². The molecule has 1 aliphatic rings. The number of pyridine rings is 1. The molecule has 1 aromatic rings. The molecule has 0 aromatic carbocycles. The molecule has 4 heteroatoms. The topological polar surface area (TPSA) is 42.4 Å². The summed E-state index contributed by atoms with van der Waals surface area (Å²) in [6.45, 7) is 6.36. The second kappa shape index (κ2) is 6.66. The molecule has 2 heterocycles. The summed E-state index contributed by atoms with van der Waals surface area (Å²) in [7, 11) is 0. The van der Waals surface area contributed by atoms with Crippen LogP contribution in [0.1, 0.15) is 43.5 Å². The summed E-state index contributed by atoms with van der Waals surface area (Å²) < 4.78 is 5.09. The highest BCUT2D eigenvalue weighted by atomic mass is 16.5. The molecule has 0 amide bonds. The Bertz CT molecular complexity index is 411. The van der Waals surface area contributed by atoms with Crippen LogP contribution < -0.4 is 0 Å². The number of hydrogen-bond acceptors (Lipinski definition) is 4. The van der Waals surface area contributed by atoms with E-state index in [0.717, 1.165) is 24.3 Å². The van der Waals surface area contributed by atoms with Gasteiger partial charge in [0.25, 0.3) is 0 Å². The van der Waals surface area contributed by atoms with Crippen molar-refractivity contribution >= 4 is 5.97 Å². The van der Waals surface area contributed by atoms with Crippen LogP contribution in [0.25, 0.3) is 0 Å². The normalized spacial score (nSPS) is 17.4. The molecule has 1 saturated heterocycles. The first-order valence-electron chi connectivity index (χ1n) is 7.03.